The van der Waals surface area contributed by atoms with E-state index >= 15 is 0 Å². The van der Waals surface area contributed by atoms with Crippen molar-refractivity contribution in [2.24, 2.45) is 23.2 Å². The molecule has 2 heterocycles. The van der Waals surface area contributed by atoms with Crippen molar-refractivity contribution in [3.05, 3.63) is 46.9 Å². The minimum Gasteiger partial charge on any atom is -0.369 e. The van der Waals surface area contributed by atoms with Crippen molar-refractivity contribution in [1.29, 1.82) is 0 Å². The van der Waals surface area contributed by atoms with Gasteiger partial charge in [0.2, 0.25) is 10.0 Å². The van der Waals surface area contributed by atoms with Crippen LogP contribution in [0.4, 0.5) is 5.82 Å². The number of hydrogen-bond acceptors (Lipinski definition) is 5. The Morgan fingerprint density at radius 3 is 2.27 bits per heavy atom. The van der Waals surface area contributed by atoms with E-state index in [1.54, 1.807) is 22.8 Å². The van der Waals surface area contributed by atoms with Gasteiger partial charge in [-0.1, -0.05) is 6.07 Å². The average Bonchev–Trinajstić information content (AvgIpc) is 2.75. The highest BCUT2D eigenvalue weighted by molar-refractivity contribution is 7.89. The van der Waals surface area contributed by atoms with Crippen molar-refractivity contribution in [2.75, 3.05) is 18.4 Å². The van der Waals surface area contributed by atoms with E-state index < -0.39 is 10.0 Å². The number of aryl methyl sites for hydroxylation is 2. The van der Waals surface area contributed by atoms with Crippen molar-refractivity contribution < 1.29 is 8.42 Å². The molecule has 1 aromatic heterocycles. The Kier molecular flexibility index (Phi) is 5.07. The lowest BCUT2D eigenvalue weighted by atomic mass is 9.49. The number of nitrogens with zero attached hydrogens (tertiary/aromatic N) is 3. The molecule has 1 aromatic carbocycles. The normalized spacial score (nSPS) is 30.9. The van der Waals surface area contributed by atoms with Gasteiger partial charge in [0.05, 0.1) is 17.1 Å². The van der Waals surface area contributed by atoms with Crippen LogP contribution in [-0.4, -0.2) is 35.8 Å². The van der Waals surface area contributed by atoms with E-state index in [0.29, 0.717) is 29.8 Å². The molecule has 1 N–H and O–H groups in total. The molecule has 0 saturated heterocycles. The predicted molar refractivity (Wildman–Crippen MR) is 128 cm³/mol. The number of nitrogens with one attached hydrogen (secondary N) is 1. The standard InChI is InChI=1S/C26H34N4O2S/c1-17-5-18(2)7-22(6-17)33(31,32)30-4-3-23-24(14-30)28-16-29-25(23)27-15-26-11-19-8-20(12-26)10-21(9-19)13-26/h5-7,16,19-21H,3-4,8-15H2,1-2H3,(H,27,28,29). The number of anilines is 1. The Labute approximate surface area is 197 Å². The average molecular weight is 467 g/mol. The summed E-state index contributed by atoms with van der Waals surface area (Å²) >= 11 is 0. The Hall–Kier alpha value is -1.99. The number of sulfonamides is 1. The van der Waals surface area contributed by atoms with Crippen LogP contribution in [0, 0.1) is 37.0 Å². The van der Waals surface area contributed by atoms with E-state index in [9.17, 15) is 8.42 Å². The van der Waals surface area contributed by atoms with E-state index in [-0.39, 0.29) is 0 Å². The van der Waals surface area contributed by atoms with E-state index in [0.717, 1.165) is 52.5 Å². The van der Waals surface area contributed by atoms with Gasteiger partial charge in [0.1, 0.15) is 12.1 Å². The molecule has 1 aliphatic heterocycles. The summed E-state index contributed by atoms with van der Waals surface area (Å²) in [5, 5.41) is 3.71. The van der Waals surface area contributed by atoms with Crippen LogP contribution < -0.4 is 5.32 Å². The third kappa shape index (κ3) is 3.87. The highest BCUT2D eigenvalue weighted by atomic mass is 32.2. The summed E-state index contributed by atoms with van der Waals surface area (Å²) in [5.41, 5.74) is 4.28. The van der Waals surface area contributed by atoms with Crippen molar-refractivity contribution in [3.8, 4) is 0 Å². The van der Waals surface area contributed by atoms with Gasteiger partial charge >= 0.3 is 0 Å². The van der Waals surface area contributed by atoms with Gasteiger partial charge in [-0.2, -0.15) is 4.31 Å². The Morgan fingerprint density at radius 1 is 1.00 bits per heavy atom. The highest BCUT2D eigenvalue weighted by Gasteiger charge is 2.50. The van der Waals surface area contributed by atoms with Gasteiger partial charge in [0.25, 0.3) is 0 Å². The van der Waals surface area contributed by atoms with Gasteiger partial charge < -0.3 is 5.32 Å². The molecule has 0 unspecified atom stereocenters. The summed E-state index contributed by atoms with van der Waals surface area (Å²) in [6, 6.07) is 5.52. The highest BCUT2D eigenvalue weighted by Crippen LogP contribution is 2.59. The fourth-order valence-corrected chi connectivity index (χ4v) is 9.29. The molecule has 4 aliphatic carbocycles. The third-order valence-electron chi connectivity index (χ3n) is 8.60. The molecule has 6 nitrogen and oxygen atoms in total. The van der Waals surface area contributed by atoms with Crippen LogP contribution in [0.25, 0.3) is 0 Å². The van der Waals surface area contributed by atoms with Crippen LogP contribution in [0.3, 0.4) is 0 Å². The van der Waals surface area contributed by atoms with E-state index in [4.69, 9.17) is 0 Å². The van der Waals surface area contributed by atoms with Crippen LogP contribution in [0.5, 0.6) is 0 Å². The number of hydrogen-bond donors (Lipinski definition) is 1. The first-order chi connectivity index (χ1) is 15.8. The molecule has 4 saturated carbocycles. The van der Waals surface area contributed by atoms with Gasteiger partial charge in [0.15, 0.2) is 0 Å². The molecule has 0 radical (unpaired) electrons. The predicted octanol–water partition coefficient (Wildman–Crippen LogP) is 4.47. The summed E-state index contributed by atoms with van der Waals surface area (Å²) in [6.45, 7) is 5.63. The first kappa shape index (κ1) is 21.5. The van der Waals surface area contributed by atoms with Crippen LogP contribution in [0.2, 0.25) is 0 Å². The van der Waals surface area contributed by atoms with E-state index in [1.165, 1.54) is 38.5 Å². The smallest absolute Gasteiger partial charge is 0.243 e. The number of aromatic nitrogens is 2. The lowest BCUT2D eigenvalue weighted by Crippen LogP contribution is -2.49. The van der Waals surface area contributed by atoms with Crippen LogP contribution >= 0.6 is 0 Å². The maximum atomic E-state index is 13.3. The molecule has 33 heavy (non-hydrogen) atoms. The van der Waals surface area contributed by atoms with Crippen LogP contribution in [0.1, 0.15) is 60.9 Å². The molecule has 0 atom stereocenters. The number of rotatable bonds is 5. The fourth-order valence-electron chi connectivity index (χ4n) is 7.70. The maximum Gasteiger partial charge on any atom is 0.243 e. The van der Waals surface area contributed by atoms with Gasteiger partial charge in [-0.15, -0.1) is 0 Å². The summed E-state index contributed by atoms with van der Waals surface area (Å²) in [6.07, 6.45) is 10.7. The Bertz CT molecular complexity index is 1140. The summed E-state index contributed by atoms with van der Waals surface area (Å²) in [7, 11) is -3.55. The van der Waals surface area contributed by atoms with Crippen LogP contribution in [0.15, 0.2) is 29.4 Å². The maximum absolute atomic E-state index is 13.3. The molecule has 4 bridgehead atoms. The van der Waals surface area contributed by atoms with Gasteiger partial charge in [-0.25, -0.2) is 18.4 Å². The molecule has 4 fully saturated rings. The molecule has 5 aliphatic rings. The van der Waals surface area contributed by atoms with Crippen LogP contribution in [-0.2, 0) is 23.0 Å². The second-order valence-electron chi connectivity index (χ2n) is 11.3. The van der Waals surface area contributed by atoms with Crippen molar-refractivity contribution in [3.63, 3.8) is 0 Å². The Morgan fingerprint density at radius 2 is 1.64 bits per heavy atom. The lowest BCUT2D eigenvalue weighted by molar-refractivity contribution is -0.0444. The molecule has 0 amide bonds. The Balaban J connectivity index is 1.20. The minimum atomic E-state index is -3.55. The SMILES string of the molecule is Cc1cc(C)cc(S(=O)(=O)N2CCc3c(ncnc3NCC34CC5CC(CC(C5)C3)C4)C2)c1. The summed E-state index contributed by atoms with van der Waals surface area (Å²) in [4.78, 5) is 9.45. The van der Waals surface area contributed by atoms with Gasteiger partial charge in [0, 0.05) is 18.7 Å². The van der Waals surface area contributed by atoms with Crippen molar-refractivity contribution in [2.45, 2.75) is 70.2 Å². The van der Waals surface area contributed by atoms with Crippen molar-refractivity contribution >= 4 is 15.8 Å². The monoisotopic (exact) mass is 466 g/mol. The van der Waals surface area contributed by atoms with E-state index in [2.05, 4.69) is 15.3 Å². The third-order valence-corrected chi connectivity index (χ3v) is 10.4. The zero-order chi connectivity index (χ0) is 22.8. The summed E-state index contributed by atoms with van der Waals surface area (Å²) < 4.78 is 28.2. The minimum absolute atomic E-state index is 0.305. The summed E-state index contributed by atoms with van der Waals surface area (Å²) in [5.74, 6) is 3.71. The second kappa shape index (κ2) is 7.77. The zero-order valence-electron chi connectivity index (χ0n) is 19.7. The zero-order valence-corrected chi connectivity index (χ0v) is 20.5. The largest absolute Gasteiger partial charge is 0.369 e. The number of fused-ring (bicyclic) bond motifs is 1. The van der Waals surface area contributed by atoms with E-state index in [1.807, 2.05) is 19.9 Å². The van der Waals surface area contributed by atoms with Crippen molar-refractivity contribution in [1.82, 2.24) is 14.3 Å². The van der Waals surface area contributed by atoms with Gasteiger partial charge in [-0.3, -0.25) is 0 Å². The molecular formula is C26H34N4O2S. The molecule has 2 aromatic rings. The molecule has 7 heteroatoms. The molecule has 0 spiro atoms. The molecule has 7 rings (SSSR count). The second-order valence-corrected chi connectivity index (χ2v) is 13.3. The van der Waals surface area contributed by atoms with Gasteiger partial charge in [-0.05, 0) is 105 Å². The first-order valence-corrected chi connectivity index (χ1v) is 13.9. The molecule has 176 valence electrons. The lowest BCUT2D eigenvalue weighted by Gasteiger charge is -2.57. The first-order valence-electron chi connectivity index (χ1n) is 12.4. The topological polar surface area (TPSA) is 75.2 Å². The molecular weight excluding hydrogens is 432 g/mol. The quantitative estimate of drug-likeness (QED) is 0.704. The number of benzene rings is 1. The fraction of sp³-hybridized carbons (Fsp3) is 0.615.